The first kappa shape index (κ1) is 21.2. The normalized spacial score (nSPS) is 17.7. The number of carbonyl (C=O) groups excluding carboxylic acids is 1. The van der Waals surface area contributed by atoms with Crippen molar-refractivity contribution in [3.8, 4) is 0 Å². The molecule has 6 nitrogen and oxygen atoms in total. The Hall–Kier alpha value is -2.09. The lowest BCUT2D eigenvalue weighted by Crippen LogP contribution is -2.45. The van der Waals surface area contributed by atoms with Crippen LogP contribution in [0.5, 0.6) is 0 Å². The largest absolute Gasteiger partial charge is 0.324 e. The van der Waals surface area contributed by atoms with Crippen molar-refractivity contribution in [2.45, 2.75) is 25.8 Å². The molecule has 0 radical (unpaired) electrons. The molecule has 0 saturated carbocycles. The molecule has 27 heavy (non-hydrogen) atoms. The first-order valence-electron chi connectivity index (χ1n) is 8.49. The van der Waals surface area contributed by atoms with Crippen LogP contribution in [0.1, 0.15) is 24.5 Å². The Bertz CT molecular complexity index is 930. The maximum absolute atomic E-state index is 12.7. The number of nitrogens with zero attached hydrogens (tertiary/aromatic N) is 1. The van der Waals surface area contributed by atoms with Gasteiger partial charge in [-0.1, -0.05) is 36.4 Å². The lowest BCUT2D eigenvalue weighted by atomic mass is 9.92. The number of nitrogens with one attached hydrogen (secondary N) is 1. The van der Waals surface area contributed by atoms with Crippen LogP contribution in [-0.2, 0) is 20.4 Å². The monoisotopic (exact) mass is 409 g/mol. The van der Waals surface area contributed by atoms with E-state index in [1.807, 2.05) is 25.1 Å². The first-order valence-corrected chi connectivity index (χ1v) is 10.1. The number of benzene rings is 2. The first-order chi connectivity index (χ1) is 12.2. The van der Waals surface area contributed by atoms with E-state index < -0.39 is 15.6 Å². The SMILES string of the molecule is Cc1ccc(NC(=O)C(C)(N)c2ccccc2)cc1N1CCCS1(=O)=O.Cl. The highest BCUT2D eigenvalue weighted by Crippen LogP contribution is 2.30. The quantitative estimate of drug-likeness (QED) is 0.812. The molecule has 1 saturated heterocycles. The minimum atomic E-state index is -3.28. The van der Waals surface area contributed by atoms with Crippen molar-refractivity contribution in [1.29, 1.82) is 0 Å². The molecule has 0 bridgehead atoms. The summed E-state index contributed by atoms with van der Waals surface area (Å²) < 4.78 is 25.8. The van der Waals surface area contributed by atoms with Crippen LogP contribution in [-0.4, -0.2) is 26.6 Å². The average Bonchev–Trinajstić information content (AvgIpc) is 2.96. The highest BCUT2D eigenvalue weighted by atomic mass is 35.5. The van der Waals surface area contributed by atoms with E-state index in [0.717, 1.165) is 5.56 Å². The van der Waals surface area contributed by atoms with Crippen LogP contribution in [0, 0.1) is 6.92 Å². The Kier molecular flexibility index (Phi) is 6.19. The van der Waals surface area contributed by atoms with E-state index in [2.05, 4.69) is 5.32 Å². The molecule has 2 aromatic rings. The zero-order valence-electron chi connectivity index (χ0n) is 15.3. The number of halogens is 1. The fourth-order valence-electron chi connectivity index (χ4n) is 3.04. The predicted molar refractivity (Wildman–Crippen MR) is 111 cm³/mol. The number of anilines is 2. The molecule has 1 atom stereocenters. The summed E-state index contributed by atoms with van der Waals surface area (Å²) in [5.41, 5.74) is 7.70. The smallest absolute Gasteiger partial charge is 0.248 e. The van der Waals surface area contributed by atoms with Gasteiger partial charge in [0.25, 0.3) is 0 Å². The summed E-state index contributed by atoms with van der Waals surface area (Å²) in [5.74, 6) is -0.208. The van der Waals surface area contributed by atoms with Crippen molar-refractivity contribution in [2.24, 2.45) is 5.73 Å². The van der Waals surface area contributed by atoms with Gasteiger partial charge in [0.05, 0.1) is 11.4 Å². The van der Waals surface area contributed by atoms with Gasteiger partial charge in [-0.2, -0.15) is 0 Å². The molecule has 1 aliphatic heterocycles. The Balaban J connectivity index is 0.00000261. The molecule has 3 rings (SSSR count). The topological polar surface area (TPSA) is 92.5 Å². The summed E-state index contributed by atoms with van der Waals surface area (Å²) in [6, 6.07) is 14.4. The maximum atomic E-state index is 12.7. The summed E-state index contributed by atoms with van der Waals surface area (Å²) in [4.78, 5) is 12.7. The summed E-state index contributed by atoms with van der Waals surface area (Å²) >= 11 is 0. The maximum Gasteiger partial charge on any atom is 0.248 e. The number of amides is 1. The van der Waals surface area contributed by atoms with Gasteiger partial charge in [0.1, 0.15) is 5.54 Å². The molecule has 0 aliphatic carbocycles. The third-order valence-corrected chi connectivity index (χ3v) is 6.54. The Morgan fingerprint density at radius 1 is 1.19 bits per heavy atom. The predicted octanol–water partition coefficient (Wildman–Crippen LogP) is 2.77. The lowest BCUT2D eigenvalue weighted by molar-refractivity contribution is -0.120. The van der Waals surface area contributed by atoms with Crippen molar-refractivity contribution < 1.29 is 13.2 Å². The molecule has 146 valence electrons. The minimum Gasteiger partial charge on any atom is -0.324 e. The fourth-order valence-corrected chi connectivity index (χ4v) is 4.66. The standard InChI is InChI=1S/C19H23N3O3S.ClH/c1-14-9-10-16(13-17(14)22-11-6-12-26(22,24)25)21-18(23)19(2,20)15-7-4-3-5-8-15;/h3-5,7-10,13H,6,11-12,20H2,1-2H3,(H,21,23);1H. The molecular formula is C19H24ClN3O3S. The zero-order chi connectivity index (χ0) is 18.9. The molecule has 1 aliphatic rings. The molecule has 3 N–H and O–H groups in total. The lowest BCUT2D eigenvalue weighted by Gasteiger charge is -2.25. The van der Waals surface area contributed by atoms with E-state index in [0.29, 0.717) is 29.9 Å². The van der Waals surface area contributed by atoms with E-state index >= 15 is 0 Å². The van der Waals surface area contributed by atoms with Gasteiger partial charge in [-0.05, 0) is 43.5 Å². The Morgan fingerprint density at radius 2 is 1.85 bits per heavy atom. The van der Waals surface area contributed by atoms with E-state index in [4.69, 9.17) is 5.73 Å². The molecule has 0 spiro atoms. The summed E-state index contributed by atoms with van der Waals surface area (Å²) in [7, 11) is -3.28. The molecular weight excluding hydrogens is 386 g/mol. The molecule has 1 unspecified atom stereocenters. The van der Waals surface area contributed by atoms with E-state index in [9.17, 15) is 13.2 Å². The van der Waals surface area contributed by atoms with Gasteiger partial charge in [0, 0.05) is 12.2 Å². The number of rotatable bonds is 4. The fraction of sp³-hybridized carbons (Fsp3) is 0.316. The third kappa shape index (κ3) is 4.26. The van der Waals surface area contributed by atoms with Crippen LogP contribution >= 0.6 is 12.4 Å². The van der Waals surface area contributed by atoms with Gasteiger partial charge in [-0.15, -0.1) is 12.4 Å². The van der Waals surface area contributed by atoms with Gasteiger partial charge in [-0.3, -0.25) is 9.10 Å². The van der Waals surface area contributed by atoms with Crippen LogP contribution in [0.15, 0.2) is 48.5 Å². The van der Waals surface area contributed by atoms with Crippen molar-refractivity contribution in [2.75, 3.05) is 21.9 Å². The molecule has 2 aromatic carbocycles. The van der Waals surface area contributed by atoms with Crippen molar-refractivity contribution in [3.05, 3.63) is 59.7 Å². The molecule has 0 aromatic heterocycles. The van der Waals surface area contributed by atoms with Gasteiger partial charge in [-0.25, -0.2) is 8.42 Å². The van der Waals surface area contributed by atoms with Crippen LogP contribution in [0.4, 0.5) is 11.4 Å². The highest BCUT2D eigenvalue weighted by molar-refractivity contribution is 7.93. The minimum absolute atomic E-state index is 0. The van der Waals surface area contributed by atoms with E-state index in [-0.39, 0.29) is 24.1 Å². The van der Waals surface area contributed by atoms with Crippen LogP contribution in [0.25, 0.3) is 0 Å². The number of nitrogens with two attached hydrogens (primary N) is 1. The number of sulfonamides is 1. The molecule has 8 heteroatoms. The number of hydrogen-bond acceptors (Lipinski definition) is 4. The second-order valence-corrected chi connectivity index (χ2v) is 8.78. The van der Waals surface area contributed by atoms with E-state index in [1.54, 1.807) is 37.3 Å². The average molecular weight is 410 g/mol. The van der Waals surface area contributed by atoms with Crippen LogP contribution in [0.3, 0.4) is 0 Å². The number of carbonyl (C=O) groups is 1. The number of aryl methyl sites for hydroxylation is 1. The summed E-state index contributed by atoms with van der Waals surface area (Å²) in [5, 5.41) is 2.81. The summed E-state index contributed by atoms with van der Waals surface area (Å²) in [6.07, 6.45) is 0.604. The number of hydrogen-bond donors (Lipinski definition) is 2. The van der Waals surface area contributed by atoms with Crippen molar-refractivity contribution in [3.63, 3.8) is 0 Å². The van der Waals surface area contributed by atoms with Gasteiger partial charge >= 0.3 is 0 Å². The van der Waals surface area contributed by atoms with Crippen molar-refractivity contribution in [1.82, 2.24) is 0 Å². The van der Waals surface area contributed by atoms with Gasteiger partial charge in [0.15, 0.2) is 0 Å². The zero-order valence-corrected chi connectivity index (χ0v) is 16.9. The molecule has 1 amide bonds. The second kappa shape index (κ2) is 7.88. The molecule has 1 fully saturated rings. The summed E-state index contributed by atoms with van der Waals surface area (Å²) in [6.45, 7) is 3.96. The molecule has 1 heterocycles. The van der Waals surface area contributed by atoms with Gasteiger partial charge in [0.2, 0.25) is 15.9 Å². The van der Waals surface area contributed by atoms with Crippen molar-refractivity contribution >= 4 is 39.7 Å². The highest BCUT2D eigenvalue weighted by Gasteiger charge is 2.32. The second-order valence-electron chi connectivity index (χ2n) is 6.77. The van der Waals surface area contributed by atoms with E-state index in [1.165, 1.54) is 4.31 Å². The Labute approximate surface area is 166 Å². The van der Waals surface area contributed by atoms with Crippen LogP contribution in [0.2, 0.25) is 0 Å². The van der Waals surface area contributed by atoms with Gasteiger partial charge < -0.3 is 11.1 Å². The van der Waals surface area contributed by atoms with Crippen LogP contribution < -0.4 is 15.4 Å². The Morgan fingerprint density at radius 3 is 2.44 bits per heavy atom. The third-order valence-electron chi connectivity index (χ3n) is 4.68.